The lowest BCUT2D eigenvalue weighted by Crippen LogP contribution is -2.26. The topological polar surface area (TPSA) is 144 Å². The first kappa shape index (κ1) is 31.9. The number of methoxy groups -OCH3 is 3. The van der Waals surface area contributed by atoms with E-state index in [1.54, 1.807) is 50.6 Å². The fourth-order valence-electron chi connectivity index (χ4n) is 5.39. The van der Waals surface area contributed by atoms with Crippen LogP contribution in [-0.2, 0) is 20.8 Å². The Balaban J connectivity index is 1.55. The number of rotatable bonds is 11. The third-order valence-electron chi connectivity index (χ3n) is 7.30. The molecule has 11 nitrogen and oxygen atoms in total. The molecule has 4 N–H and O–H groups in total. The van der Waals surface area contributed by atoms with Crippen LogP contribution in [0.2, 0.25) is 0 Å². The molecule has 0 saturated carbocycles. The molecular weight excluding hydrogens is 564 g/mol. The van der Waals surface area contributed by atoms with Crippen LogP contribution in [0.5, 0.6) is 17.2 Å². The molecule has 0 spiro atoms. The highest BCUT2D eigenvalue weighted by molar-refractivity contribution is 5.92. The van der Waals surface area contributed by atoms with Crippen LogP contribution in [0.25, 0.3) is 11.1 Å². The fourth-order valence-corrected chi connectivity index (χ4v) is 5.39. The van der Waals surface area contributed by atoms with Crippen molar-refractivity contribution >= 4 is 34.8 Å². The molecule has 11 heteroatoms. The van der Waals surface area contributed by atoms with Crippen LogP contribution in [0.4, 0.5) is 17.1 Å². The van der Waals surface area contributed by atoms with Gasteiger partial charge in [0.1, 0.15) is 0 Å². The summed E-state index contributed by atoms with van der Waals surface area (Å²) in [5.41, 5.74) is 4.52. The molecule has 3 aromatic carbocycles. The SMILES string of the molecule is COc1cc2c(c(OC)c1OC)-c1ccc(NCCCC(=O)Nc3ccc(NC(C)=O)cc3)c(=O)cc1[C@@H](NC(C)=O)CC2. The Bertz CT molecular complexity index is 1610. The average Bonchev–Trinajstić information content (AvgIpc) is 3.23. The Kier molecular flexibility index (Phi) is 10.4. The maximum Gasteiger partial charge on any atom is 0.224 e. The molecule has 1 aliphatic rings. The first-order chi connectivity index (χ1) is 21.1. The Morgan fingerprint density at radius 1 is 0.841 bits per heavy atom. The Hall–Kier alpha value is -5.06. The molecule has 3 aromatic rings. The molecular formula is C33H38N4O7. The van der Waals surface area contributed by atoms with Crippen LogP contribution < -0.4 is 40.9 Å². The maximum absolute atomic E-state index is 13.4. The third kappa shape index (κ3) is 7.47. The van der Waals surface area contributed by atoms with Gasteiger partial charge in [-0.1, -0.05) is 6.07 Å². The number of ether oxygens (including phenoxy) is 3. The quantitative estimate of drug-likeness (QED) is 0.232. The zero-order valence-corrected chi connectivity index (χ0v) is 25.6. The molecule has 3 amide bonds. The van der Waals surface area contributed by atoms with Crippen molar-refractivity contribution in [1.82, 2.24) is 5.32 Å². The van der Waals surface area contributed by atoms with Gasteiger partial charge in [0.05, 0.1) is 33.1 Å². The number of carbonyl (C=O) groups excluding carboxylic acids is 3. The maximum atomic E-state index is 13.4. The number of carbonyl (C=O) groups is 3. The summed E-state index contributed by atoms with van der Waals surface area (Å²) in [6, 6.07) is 13.5. The number of hydrogen-bond acceptors (Lipinski definition) is 8. The zero-order valence-electron chi connectivity index (χ0n) is 25.6. The summed E-state index contributed by atoms with van der Waals surface area (Å²) in [5, 5.41) is 11.7. The lowest BCUT2D eigenvalue weighted by Gasteiger charge is -2.19. The summed E-state index contributed by atoms with van der Waals surface area (Å²) in [6.45, 7) is 3.27. The molecule has 1 aliphatic carbocycles. The van der Waals surface area contributed by atoms with Crippen LogP contribution in [0.1, 0.15) is 50.3 Å². The molecule has 0 bridgehead atoms. The van der Waals surface area contributed by atoms with Crippen LogP contribution >= 0.6 is 0 Å². The van der Waals surface area contributed by atoms with Gasteiger partial charge in [0.15, 0.2) is 11.5 Å². The van der Waals surface area contributed by atoms with Gasteiger partial charge in [0.2, 0.25) is 28.9 Å². The Labute approximate surface area is 256 Å². The van der Waals surface area contributed by atoms with E-state index in [2.05, 4.69) is 21.3 Å². The highest BCUT2D eigenvalue weighted by Crippen LogP contribution is 2.50. The van der Waals surface area contributed by atoms with Crippen LogP contribution in [0.15, 0.2) is 53.3 Å². The molecule has 0 aliphatic heterocycles. The first-order valence-corrected chi connectivity index (χ1v) is 14.3. The van der Waals surface area contributed by atoms with Gasteiger partial charge >= 0.3 is 0 Å². The van der Waals surface area contributed by atoms with Gasteiger partial charge < -0.3 is 35.5 Å². The van der Waals surface area contributed by atoms with Crippen molar-refractivity contribution in [3.8, 4) is 28.4 Å². The van der Waals surface area contributed by atoms with E-state index >= 15 is 0 Å². The number of fused-ring (bicyclic) bond motifs is 3. The molecule has 232 valence electrons. The smallest absolute Gasteiger partial charge is 0.224 e. The highest BCUT2D eigenvalue weighted by Gasteiger charge is 2.29. The highest BCUT2D eigenvalue weighted by atomic mass is 16.5. The van der Waals surface area contributed by atoms with Crippen molar-refractivity contribution in [2.24, 2.45) is 0 Å². The van der Waals surface area contributed by atoms with E-state index in [4.69, 9.17) is 14.2 Å². The molecule has 0 saturated heterocycles. The van der Waals surface area contributed by atoms with Crippen LogP contribution in [0, 0.1) is 0 Å². The van der Waals surface area contributed by atoms with Gasteiger partial charge in [-0.2, -0.15) is 0 Å². The average molecular weight is 603 g/mol. The predicted octanol–water partition coefficient (Wildman–Crippen LogP) is 4.65. The number of anilines is 3. The van der Waals surface area contributed by atoms with Gasteiger partial charge in [0.25, 0.3) is 0 Å². The fraction of sp³-hybridized carbons (Fsp3) is 0.333. The van der Waals surface area contributed by atoms with Gasteiger partial charge in [-0.05, 0) is 78.4 Å². The number of benzene rings is 2. The van der Waals surface area contributed by atoms with Gasteiger partial charge in [0, 0.05) is 43.8 Å². The molecule has 0 aromatic heterocycles. The Morgan fingerprint density at radius 2 is 1.52 bits per heavy atom. The van der Waals surface area contributed by atoms with E-state index in [1.807, 2.05) is 12.1 Å². The van der Waals surface area contributed by atoms with Crippen LogP contribution in [0.3, 0.4) is 0 Å². The summed E-state index contributed by atoms with van der Waals surface area (Å²) < 4.78 is 17.0. The molecule has 0 radical (unpaired) electrons. The molecule has 4 rings (SSSR count). The van der Waals surface area contributed by atoms with E-state index in [-0.39, 0.29) is 29.6 Å². The summed E-state index contributed by atoms with van der Waals surface area (Å²) in [5.74, 6) is 0.908. The molecule has 1 atom stereocenters. The minimum Gasteiger partial charge on any atom is -0.493 e. The number of aryl methyl sites for hydroxylation is 1. The van der Waals surface area contributed by atoms with E-state index in [0.29, 0.717) is 65.7 Å². The molecule has 0 heterocycles. The monoisotopic (exact) mass is 602 g/mol. The van der Waals surface area contributed by atoms with Crippen molar-refractivity contribution in [1.29, 1.82) is 0 Å². The van der Waals surface area contributed by atoms with Gasteiger partial charge in [-0.3, -0.25) is 19.2 Å². The standard InChI is InChI=1S/C33H38N4O7/c1-19(38)35-22-9-11-23(12-10-22)37-30(41)7-6-16-34-27-15-13-24-25(18-28(27)40)26(36-20(2)39)14-8-21-17-29(42-3)32(43-4)33(44-5)31(21)24/h9-13,15,17-18,26H,6-8,14,16H2,1-5H3,(H,34,40)(H,35,38)(H,36,39)(H,37,41)/t26-/m0/s1. The van der Waals surface area contributed by atoms with Crippen molar-refractivity contribution in [2.75, 3.05) is 43.8 Å². The van der Waals surface area contributed by atoms with E-state index in [9.17, 15) is 19.2 Å². The van der Waals surface area contributed by atoms with Crippen molar-refractivity contribution in [3.63, 3.8) is 0 Å². The number of amides is 3. The number of hydrogen-bond donors (Lipinski definition) is 4. The second kappa shape index (κ2) is 14.4. The summed E-state index contributed by atoms with van der Waals surface area (Å²) in [7, 11) is 4.66. The lowest BCUT2D eigenvalue weighted by atomic mass is 9.95. The minimum atomic E-state index is -0.402. The Morgan fingerprint density at radius 3 is 2.14 bits per heavy atom. The third-order valence-corrected chi connectivity index (χ3v) is 7.30. The normalized spacial score (nSPS) is 13.3. The molecule has 44 heavy (non-hydrogen) atoms. The summed E-state index contributed by atoms with van der Waals surface area (Å²) in [6.07, 6.45) is 1.89. The number of nitrogens with one attached hydrogen (secondary N) is 4. The second-order valence-electron chi connectivity index (χ2n) is 10.4. The summed E-state index contributed by atoms with van der Waals surface area (Å²) in [4.78, 5) is 49.2. The molecule has 0 unspecified atom stereocenters. The van der Waals surface area contributed by atoms with Crippen molar-refractivity contribution in [2.45, 2.75) is 45.6 Å². The van der Waals surface area contributed by atoms with Crippen molar-refractivity contribution in [3.05, 3.63) is 69.9 Å². The van der Waals surface area contributed by atoms with Crippen molar-refractivity contribution < 1.29 is 28.6 Å². The van der Waals surface area contributed by atoms with Gasteiger partial charge in [-0.25, -0.2) is 0 Å². The largest absolute Gasteiger partial charge is 0.493 e. The van der Waals surface area contributed by atoms with Gasteiger partial charge in [-0.15, -0.1) is 0 Å². The zero-order chi connectivity index (χ0) is 31.8. The van der Waals surface area contributed by atoms with E-state index in [0.717, 1.165) is 16.7 Å². The summed E-state index contributed by atoms with van der Waals surface area (Å²) >= 11 is 0. The van der Waals surface area contributed by atoms with Crippen LogP contribution in [-0.4, -0.2) is 45.6 Å². The van der Waals surface area contributed by atoms with E-state index < -0.39 is 6.04 Å². The minimum absolute atomic E-state index is 0.169. The molecule has 0 fully saturated rings. The predicted molar refractivity (Wildman–Crippen MR) is 170 cm³/mol. The second-order valence-corrected chi connectivity index (χ2v) is 10.4. The lowest BCUT2D eigenvalue weighted by molar-refractivity contribution is -0.120. The first-order valence-electron chi connectivity index (χ1n) is 14.3. The van der Waals surface area contributed by atoms with E-state index in [1.165, 1.54) is 21.0 Å².